The lowest BCUT2D eigenvalue weighted by molar-refractivity contribution is 0.0991. The highest BCUT2D eigenvalue weighted by atomic mass is 16.1. The van der Waals surface area contributed by atoms with Gasteiger partial charge in [0, 0.05) is 29.4 Å². The van der Waals surface area contributed by atoms with Gasteiger partial charge in [0.2, 0.25) is 0 Å². The Morgan fingerprint density at radius 3 is 2.15 bits per heavy atom. The predicted molar refractivity (Wildman–Crippen MR) is 128 cm³/mol. The Morgan fingerprint density at radius 2 is 1.45 bits per heavy atom. The average Bonchev–Trinajstić information content (AvgIpc) is 3.31. The van der Waals surface area contributed by atoms with Gasteiger partial charge >= 0.3 is 0 Å². The molecule has 6 nitrogen and oxygen atoms in total. The molecule has 0 saturated heterocycles. The summed E-state index contributed by atoms with van der Waals surface area (Å²) in [6, 6.07) is 26.0. The maximum atomic E-state index is 13.1. The first kappa shape index (κ1) is 20.3. The van der Waals surface area contributed by atoms with Crippen molar-refractivity contribution in [1.82, 2.24) is 15.0 Å². The number of hydrogen-bond acceptors (Lipinski definition) is 5. The number of aromatic amines is 1. The summed E-state index contributed by atoms with van der Waals surface area (Å²) in [6.45, 7) is 0. The Morgan fingerprint density at radius 1 is 0.788 bits per heavy atom. The zero-order valence-corrected chi connectivity index (χ0v) is 17.7. The van der Waals surface area contributed by atoms with Gasteiger partial charge in [-0.15, -0.1) is 0 Å². The lowest BCUT2D eigenvalue weighted by atomic mass is 10.0. The summed E-state index contributed by atoms with van der Waals surface area (Å²) < 4.78 is 0. The summed E-state index contributed by atoms with van der Waals surface area (Å²) in [5.74, 6) is 0.508. The molecular weight excluding hydrogens is 412 g/mol. The number of carbonyl (C=O) groups is 2. The Hall–Kier alpha value is -4.58. The van der Waals surface area contributed by atoms with Gasteiger partial charge in [0.15, 0.2) is 11.6 Å². The molecule has 0 amide bonds. The lowest BCUT2D eigenvalue weighted by Crippen LogP contribution is -2.04. The molecule has 33 heavy (non-hydrogen) atoms. The van der Waals surface area contributed by atoms with Crippen molar-refractivity contribution in [1.29, 1.82) is 0 Å². The van der Waals surface area contributed by atoms with Crippen LogP contribution in [0.1, 0.15) is 31.8 Å². The Labute approximate surface area is 190 Å². The summed E-state index contributed by atoms with van der Waals surface area (Å²) in [5.41, 5.74) is 4.10. The molecule has 5 rings (SSSR count). The van der Waals surface area contributed by atoms with Crippen LogP contribution in [0.15, 0.2) is 97.5 Å². The van der Waals surface area contributed by atoms with E-state index in [1.54, 1.807) is 18.3 Å². The highest BCUT2D eigenvalue weighted by molar-refractivity contribution is 6.18. The third-order valence-corrected chi connectivity index (χ3v) is 5.43. The molecule has 0 fully saturated rings. The van der Waals surface area contributed by atoms with Gasteiger partial charge in [0.25, 0.3) is 0 Å². The number of carbonyl (C=O) groups excluding carboxylic acids is 2. The van der Waals surface area contributed by atoms with Crippen LogP contribution >= 0.6 is 0 Å². The van der Waals surface area contributed by atoms with E-state index in [1.165, 1.54) is 6.33 Å². The zero-order chi connectivity index (χ0) is 22.6. The average molecular weight is 432 g/mol. The molecule has 2 heterocycles. The first-order valence-corrected chi connectivity index (χ1v) is 10.5. The Kier molecular flexibility index (Phi) is 5.47. The van der Waals surface area contributed by atoms with Crippen LogP contribution in [0.3, 0.4) is 0 Å². The number of fused-ring (bicyclic) bond motifs is 1. The van der Waals surface area contributed by atoms with Crippen LogP contribution in [-0.4, -0.2) is 26.5 Å². The van der Waals surface area contributed by atoms with Gasteiger partial charge in [-0.3, -0.25) is 9.59 Å². The van der Waals surface area contributed by atoms with Crippen LogP contribution in [0, 0.1) is 0 Å². The van der Waals surface area contributed by atoms with Crippen LogP contribution in [0.5, 0.6) is 0 Å². The largest absolute Gasteiger partial charge is 0.345 e. The lowest BCUT2D eigenvalue weighted by Gasteiger charge is -2.09. The number of aromatic nitrogens is 3. The van der Waals surface area contributed by atoms with Crippen molar-refractivity contribution >= 4 is 34.1 Å². The van der Waals surface area contributed by atoms with Gasteiger partial charge in [-0.25, -0.2) is 9.97 Å². The molecule has 0 bridgehead atoms. The van der Waals surface area contributed by atoms with Crippen molar-refractivity contribution in [3.63, 3.8) is 0 Å². The second-order valence-electron chi connectivity index (χ2n) is 7.63. The van der Waals surface area contributed by atoms with E-state index in [9.17, 15) is 9.59 Å². The molecule has 160 valence electrons. The first-order valence-electron chi connectivity index (χ1n) is 10.5. The number of rotatable bonds is 7. The van der Waals surface area contributed by atoms with Gasteiger partial charge in [-0.1, -0.05) is 72.8 Å². The van der Waals surface area contributed by atoms with E-state index < -0.39 is 0 Å². The van der Waals surface area contributed by atoms with Gasteiger partial charge in [0.1, 0.15) is 17.8 Å². The summed E-state index contributed by atoms with van der Waals surface area (Å²) in [7, 11) is 0. The summed E-state index contributed by atoms with van der Waals surface area (Å²) in [4.78, 5) is 37.2. The predicted octanol–water partition coefficient (Wildman–Crippen LogP) is 5.36. The van der Waals surface area contributed by atoms with E-state index in [-0.39, 0.29) is 11.6 Å². The van der Waals surface area contributed by atoms with Crippen molar-refractivity contribution in [2.24, 2.45) is 0 Å². The summed E-state index contributed by atoms with van der Waals surface area (Å²) >= 11 is 0. The van der Waals surface area contributed by atoms with Crippen LogP contribution in [-0.2, 0) is 6.42 Å². The normalized spacial score (nSPS) is 10.8. The van der Waals surface area contributed by atoms with Crippen molar-refractivity contribution in [3.8, 4) is 0 Å². The van der Waals surface area contributed by atoms with Gasteiger partial charge in [-0.2, -0.15) is 0 Å². The molecule has 0 radical (unpaired) electrons. The van der Waals surface area contributed by atoms with E-state index in [1.807, 2.05) is 72.8 Å². The minimum atomic E-state index is -0.102. The smallest absolute Gasteiger partial charge is 0.195 e. The molecule has 0 spiro atoms. The topological polar surface area (TPSA) is 87.7 Å². The van der Waals surface area contributed by atoms with Crippen molar-refractivity contribution < 1.29 is 9.59 Å². The number of anilines is 2. The molecule has 0 atom stereocenters. The highest BCUT2D eigenvalue weighted by Crippen LogP contribution is 2.28. The quantitative estimate of drug-likeness (QED) is 0.338. The minimum Gasteiger partial charge on any atom is -0.345 e. The maximum absolute atomic E-state index is 13.1. The number of nitrogens with one attached hydrogen (secondary N) is 2. The second kappa shape index (κ2) is 8.88. The highest BCUT2D eigenvalue weighted by Gasteiger charge is 2.18. The SMILES string of the molecule is O=C(Cc1ccc(Nc2ncnc3[nH]cc(C(=O)c4ccccc4)c23)cc1)c1ccccc1. The van der Waals surface area contributed by atoms with E-state index in [2.05, 4.69) is 20.3 Å². The van der Waals surface area contributed by atoms with E-state index in [0.717, 1.165) is 11.3 Å². The fourth-order valence-electron chi connectivity index (χ4n) is 3.74. The number of benzene rings is 3. The fourth-order valence-corrected chi connectivity index (χ4v) is 3.74. The Balaban J connectivity index is 1.39. The molecule has 0 unspecified atom stereocenters. The zero-order valence-electron chi connectivity index (χ0n) is 17.7. The standard InChI is InChI=1S/C27H20N4O2/c32-23(19-7-3-1-4-8-19)15-18-11-13-21(14-12-18)31-27-24-22(16-28-26(24)29-17-30-27)25(33)20-9-5-2-6-10-20/h1-14,16-17H,15H2,(H2,28,29,30,31). The number of H-pyrrole nitrogens is 1. The van der Waals surface area contributed by atoms with E-state index in [4.69, 9.17) is 0 Å². The molecule has 0 aliphatic rings. The van der Waals surface area contributed by atoms with Crippen LogP contribution < -0.4 is 5.32 Å². The summed E-state index contributed by atoms with van der Waals surface area (Å²) in [6.07, 6.45) is 3.44. The molecular formula is C27H20N4O2. The number of nitrogens with zero attached hydrogens (tertiary/aromatic N) is 2. The Bertz CT molecular complexity index is 1430. The fraction of sp³-hybridized carbons (Fsp3) is 0.0370. The molecule has 2 aromatic heterocycles. The molecule has 5 aromatic rings. The molecule has 0 saturated carbocycles. The van der Waals surface area contributed by atoms with E-state index in [0.29, 0.717) is 40.0 Å². The van der Waals surface area contributed by atoms with Crippen molar-refractivity contribution in [2.75, 3.05) is 5.32 Å². The van der Waals surface area contributed by atoms with Crippen LogP contribution in [0.25, 0.3) is 11.0 Å². The molecule has 2 N–H and O–H groups in total. The van der Waals surface area contributed by atoms with Gasteiger partial charge in [0.05, 0.1) is 10.9 Å². The first-order chi connectivity index (χ1) is 16.2. The molecule has 6 heteroatoms. The monoisotopic (exact) mass is 432 g/mol. The molecule has 3 aromatic carbocycles. The van der Waals surface area contributed by atoms with Gasteiger partial charge < -0.3 is 10.3 Å². The number of ketones is 2. The van der Waals surface area contributed by atoms with E-state index >= 15 is 0 Å². The van der Waals surface area contributed by atoms with Gasteiger partial charge in [-0.05, 0) is 17.7 Å². The number of Topliss-reactive ketones (excluding diaryl/α,β-unsaturated/α-hetero) is 1. The maximum Gasteiger partial charge on any atom is 0.195 e. The third kappa shape index (κ3) is 4.27. The molecule has 0 aliphatic heterocycles. The van der Waals surface area contributed by atoms with Crippen LogP contribution in [0.2, 0.25) is 0 Å². The van der Waals surface area contributed by atoms with Crippen molar-refractivity contribution in [3.05, 3.63) is 120 Å². The van der Waals surface area contributed by atoms with Crippen molar-refractivity contribution in [2.45, 2.75) is 6.42 Å². The minimum absolute atomic E-state index is 0.0743. The van der Waals surface area contributed by atoms with Crippen LogP contribution in [0.4, 0.5) is 11.5 Å². The second-order valence-corrected chi connectivity index (χ2v) is 7.63. The number of hydrogen-bond donors (Lipinski definition) is 2. The molecule has 0 aliphatic carbocycles. The third-order valence-electron chi connectivity index (χ3n) is 5.43. The summed E-state index contributed by atoms with van der Waals surface area (Å²) in [5, 5.41) is 3.92.